The molecule has 1 unspecified atom stereocenters. The smallest absolute Gasteiger partial charge is 0.266 e. The van der Waals surface area contributed by atoms with Gasteiger partial charge in [-0.2, -0.15) is 0 Å². The van der Waals surface area contributed by atoms with E-state index in [0.717, 1.165) is 37.7 Å². The molecule has 2 heterocycles. The van der Waals surface area contributed by atoms with Gasteiger partial charge in [0.2, 0.25) is 0 Å². The number of aromatic nitrogens is 2. The Morgan fingerprint density at radius 1 is 1.26 bits per heavy atom. The molecule has 8 heteroatoms. The van der Waals surface area contributed by atoms with Crippen LogP contribution in [-0.2, 0) is 4.79 Å². The van der Waals surface area contributed by atoms with Crippen LogP contribution in [0.4, 0.5) is 11.6 Å². The average Bonchev–Trinajstić information content (AvgIpc) is 2.64. The fraction of sp³-hybridized carbons (Fsp3) is 0.421. The predicted molar refractivity (Wildman–Crippen MR) is 108 cm³/mol. The summed E-state index contributed by atoms with van der Waals surface area (Å²) >= 11 is 12.0. The zero-order chi connectivity index (χ0) is 19.4. The Morgan fingerprint density at radius 3 is 2.70 bits per heavy atom. The van der Waals surface area contributed by atoms with E-state index in [2.05, 4.69) is 27.1 Å². The molecule has 144 valence electrons. The van der Waals surface area contributed by atoms with Gasteiger partial charge in [-0.15, -0.1) is 0 Å². The molecule has 0 aliphatic carbocycles. The van der Waals surface area contributed by atoms with E-state index in [-0.39, 0.29) is 5.91 Å². The standard InChI is InChI=1S/C19H22Cl2N4O2/c1-12-5-7-25(8-6-12)18-10-17(22-11-23-18)24-19(26)13(2)27-16-4-3-14(20)9-15(16)21/h3-4,9-13H,5-8H2,1-2H3,(H,22,23,24,26). The Labute approximate surface area is 168 Å². The monoisotopic (exact) mass is 408 g/mol. The van der Waals surface area contributed by atoms with Gasteiger partial charge in [0, 0.05) is 24.2 Å². The summed E-state index contributed by atoms with van der Waals surface area (Å²) in [6.07, 6.45) is 2.99. The van der Waals surface area contributed by atoms with Crippen molar-refractivity contribution in [3.8, 4) is 5.75 Å². The second kappa shape index (κ2) is 8.76. The zero-order valence-corrected chi connectivity index (χ0v) is 16.8. The van der Waals surface area contributed by atoms with Crippen molar-refractivity contribution in [3.05, 3.63) is 40.6 Å². The molecule has 1 aromatic carbocycles. The lowest BCUT2D eigenvalue weighted by Crippen LogP contribution is -2.34. The van der Waals surface area contributed by atoms with E-state index < -0.39 is 6.10 Å². The van der Waals surface area contributed by atoms with Crippen LogP contribution in [0.5, 0.6) is 5.75 Å². The fourth-order valence-corrected chi connectivity index (χ4v) is 3.32. The van der Waals surface area contributed by atoms with Crippen LogP contribution in [0.3, 0.4) is 0 Å². The first-order valence-electron chi connectivity index (χ1n) is 8.92. The third-order valence-corrected chi connectivity index (χ3v) is 5.11. The molecule has 1 aliphatic rings. The van der Waals surface area contributed by atoms with E-state index in [1.807, 2.05) is 0 Å². The highest BCUT2D eigenvalue weighted by Crippen LogP contribution is 2.28. The van der Waals surface area contributed by atoms with E-state index in [1.165, 1.54) is 6.33 Å². The number of carbonyl (C=O) groups is 1. The number of hydrogen-bond acceptors (Lipinski definition) is 5. The number of amides is 1. The van der Waals surface area contributed by atoms with Gasteiger partial charge in [-0.1, -0.05) is 30.1 Å². The minimum absolute atomic E-state index is 0.321. The lowest BCUT2D eigenvalue weighted by molar-refractivity contribution is -0.122. The second-order valence-corrected chi connectivity index (χ2v) is 7.60. The summed E-state index contributed by atoms with van der Waals surface area (Å²) in [6, 6.07) is 6.65. The van der Waals surface area contributed by atoms with Crippen molar-refractivity contribution in [2.45, 2.75) is 32.8 Å². The van der Waals surface area contributed by atoms with Gasteiger partial charge in [0.05, 0.1) is 5.02 Å². The molecule has 0 radical (unpaired) electrons. The first-order valence-corrected chi connectivity index (χ1v) is 9.67. The average molecular weight is 409 g/mol. The van der Waals surface area contributed by atoms with Crippen molar-refractivity contribution in [1.29, 1.82) is 0 Å². The summed E-state index contributed by atoms with van der Waals surface area (Å²) in [7, 11) is 0. The number of ether oxygens (including phenoxy) is 1. The molecular formula is C19H22Cl2N4O2. The number of hydrogen-bond donors (Lipinski definition) is 1. The number of nitrogens with zero attached hydrogens (tertiary/aromatic N) is 3. The Morgan fingerprint density at radius 2 is 2.00 bits per heavy atom. The third kappa shape index (κ3) is 5.23. The van der Waals surface area contributed by atoms with Gasteiger partial charge in [-0.3, -0.25) is 4.79 Å². The summed E-state index contributed by atoms with van der Waals surface area (Å²) in [5.41, 5.74) is 0. The van der Waals surface area contributed by atoms with Crippen molar-refractivity contribution < 1.29 is 9.53 Å². The number of anilines is 2. The van der Waals surface area contributed by atoms with Gasteiger partial charge >= 0.3 is 0 Å². The molecule has 1 N–H and O–H groups in total. The minimum atomic E-state index is -0.752. The molecule has 1 aromatic heterocycles. The molecule has 2 aromatic rings. The molecule has 27 heavy (non-hydrogen) atoms. The summed E-state index contributed by atoms with van der Waals surface area (Å²) in [5.74, 6) is 2.08. The number of piperidine rings is 1. The highest BCUT2D eigenvalue weighted by atomic mass is 35.5. The molecule has 1 amide bonds. The van der Waals surface area contributed by atoms with Crippen LogP contribution in [0, 0.1) is 5.92 Å². The van der Waals surface area contributed by atoms with Crippen LogP contribution < -0.4 is 15.0 Å². The molecule has 1 aliphatic heterocycles. The van der Waals surface area contributed by atoms with Crippen molar-refractivity contribution in [2.75, 3.05) is 23.3 Å². The van der Waals surface area contributed by atoms with Crippen LogP contribution in [0.25, 0.3) is 0 Å². The number of benzene rings is 1. The molecule has 1 saturated heterocycles. The van der Waals surface area contributed by atoms with E-state index >= 15 is 0 Å². The van der Waals surface area contributed by atoms with Gasteiger partial charge < -0.3 is 15.0 Å². The summed E-state index contributed by atoms with van der Waals surface area (Å²) < 4.78 is 5.64. The maximum atomic E-state index is 12.4. The molecule has 6 nitrogen and oxygen atoms in total. The number of halogens is 2. The Balaban J connectivity index is 1.62. The SMILES string of the molecule is CC1CCN(c2cc(NC(=O)C(C)Oc3ccc(Cl)cc3Cl)ncn2)CC1. The fourth-order valence-electron chi connectivity index (χ4n) is 2.87. The Bertz CT molecular complexity index is 810. The summed E-state index contributed by atoms with van der Waals surface area (Å²) in [4.78, 5) is 23.1. The Kier molecular flexibility index (Phi) is 6.39. The molecule has 1 fully saturated rings. The topological polar surface area (TPSA) is 67.4 Å². The van der Waals surface area contributed by atoms with Crippen LogP contribution in [0.15, 0.2) is 30.6 Å². The van der Waals surface area contributed by atoms with Crippen molar-refractivity contribution in [2.24, 2.45) is 5.92 Å². The summed E-state index contributed by atoms with van der Waals surface area (Å²) in [5, 5.41) is 3.63. The molecule has 0 spiro atoms. The maximum absolute atomic E-state index is 12.4. The van der Waals surface area contributed by atoms with Gasteiger partial charge in [0.15, 0.2) is 6.10 Å². The van der Waals surface area contributed by atoms with E-state index in [0.29, 0.717) is 21.6 Å². The van der Waals surface area contributed by atoms with Gasteiger partial charge in [0.25, 0.3) is 5.91 Å². The van der Waals surface area contributed by atoms with Crippen LogP contribution in [0.2, 0.25) is 10.0 Å². The first kappa shape index (κ1) is 19.7. The lowest BCUT2D eigenvalue weighted by Gasteiger charge is -2.31. The van der Waals surface area contributed by atoms with Crippen LogP contribution in [-0.4, -0.2) is 35.1 Å². The normalized spacial score (nSPS) is 16.1. The van der Waals surface area contributed by atoms with Gasteiger partial charge in [0.1, 0.15) is 23.7 Å². The second-order valence-electron chi connectivity index (χ2n) is 6.76. The van der Waals surface area contributed by atoms with E-state index in [1.54, 1.807) is 31.2 Å². The van der Waals surface area contributed by atoms with Gasteiger partial charge in [-0.25, -0.2) is 9.97 Å². The molecule has 3 rings (SSSR count). The van der Waals surface area contributed by atoms with Crippen molar-refractivity contribution in [1.82, 2.24) is 9.97 Å². The minimum Gasteiger partial charge on any atom is -0.479 e. The molecule has 1 atom stereocenters. The van der Waals surface area contributed by atoms with Crippen LogP contribution in [0.1, 0.15) is 26.7 Å². The first-order chi connectivity index (χ1) is 12.9. The highest BCUT2D eigenvalue weighted by Gasteiger charge is 2.20. The quantitative estimate of drug-likeness (QED) is 0.792. The van der Waals surface area contributed by atoms with Crippen molar-refractivity contribution in [3.63, 3.8) is 0 Å². The zero-order valence-electron chi connectivity index (χ0n) is 15.3. The van der Waals surface area contributed by atoms with E-state index in [4.69, 9.17) is 27.9 Å². The van der Waals surface area contributed by atoms with E-state index in [9.17, 15) is 4.79 Å². The largest absolute Gasteiger partial charge is 0.479 e. The summed E-state index contributed by atoms with van der Waals surface area (Å²) in [6.45, 7) is 5.83. The highest BCUT2D eigenvalue weighted by molar-refractivity contribution is 6.35. The predicted octanol–water partition coefficient (Wildman–Crippen LogP) is 4.43. The lowest BCUT2D eigenvalue weighted by atomic mass is 9.99. The van der Waals surface area contributed by atoms with Gasteiger partial charge in [-0.05, 0) is 43.9 Å². The third-order valence-electron chi connectivity index (χ3n) is 4.58. The number of carbonyl (C=O) groups excluding carboxylic acids is 1. The molecular weight excluding hydrogens is 387 g/mol. The number of nitrogens with one attached hydrogen (secondary N) is 1. The Hall–Kier alpha value is -2.05. The molecule has 0 saturated carbocycles. The van der Waals surface area contributed by atoms with Crippen molar-refractivity contribution >= 4 is 40.7 Å². The maximum Gasteiger partial charge on any atom is 0.266 e. The molecule has 0 bridgehead atoms. The van der Waals surface area contributed by atoms with Crippen LogP contribution >= 0.6 is 23.2 Å². The number of rotatable bonds is 5.